The van der Waals surface area contributed by atoms with Gasteiger partial charge in [-0.15, -0.1) is 0 Å². The molecule has 0 unspecified atom stereocenters. The standard InChI is InChI=1S/C9H9BrN2O2S/c10-8-5-9(7-11-6-8)15(13,14)12-3-1-2-4-12/h1-2,5-7H,3-4H2. The van der Waals surface area contributed by atoms with Crippen LogP contribution in [0.15, 0.2) is 40.0 Å². The molecular weight excluding hydrogens is 280 g/mol. The third kappa shape index (κ3) is 2.11. The van der Waals surface area contributed by atoms with E-state index < -0.39 is 10.0 Å². The van der Waals surface area contributed by atoms with Crippen LogP contribution < -0.4 is 0 Å². The summed E-state index contributed by atoms with van der Waals surface area (Å²) in [5, 5.41) is 0. The van der Waals surface area contributed by atoms with Crippen molar-refractivity contribution in [3.8, 4) is 0 Å². The van der Waals surface area contributed by atoms with Crippen LogP contribution in [0.2, 0.25) is 0 Å². The normalized spacial score (nSPS) is 17.1. The Labute approximate surface area is 96.8 Å². The highest BCUT2D eigenvalue weighted by atomic mass is 79.9. The van der Waals surface area contributed by atoms with Crippen molar-refractivity contribution in [1.29, 1.82) is 0 Å². The number of rotatable bonds is 2. The molecule has 0 spiro atoms. The van der Waals surface area contributed by atoms with E-state index in [1.54, 1.807) is 12.3 Å². The molecule has 1 aromatic heterocycles. The maximum absolute atomic E-state index is 12.0. The first-order chi connectivity index (χ1) is 7.10. The molecule has 0 radical (unpaired) electrons. The molecular formula is C9H9BrN2O2S. The molecule has 0 aromatic carbocycles. The fraction of sp³-hybridized carbons (Fsp3) is 0.222. The van der Waals surface area contributed by atoms with E-state index in [9.17, 15) is 8.42 Å². The fourth-order valence-corrected chi connectivity index (χ4v) is 3.19. The van der Waals surface area contributed by atoms with Gasteiger partial charge in [0.25, 0.3) is 0 Å². The number of pyridine rings is 1. The van der Waals surface area contributed by atoms with Crippen molar-refractivity contribution in [3.05, 3.63) is 35.1 Å². The Bertz CT molecular complexity index is 491. The van der Waals surface area contributed by atoms with E-state index in [-0.39, 0.29) is 4.90 Å². The highest BCUT2D eigenvalue weighted by Gasteiger charge is 2.24. The van der Waals surface area contributed by atoms with Crippen LogP contribution in [0.4, 0.5) is 0 Å². The van der Waals surface area contributed by atoms with Gasteiger partial charge in [-0.25, -0.2) is 8.42 Å². The van der Waals surface area contributed by atoms with Gasteiger partial charge in [0.2, 0.25) is 10.0 Å². The molecule has 4 nitrogen and oxygen atoms in total. The lowest BCUT2D eigenvalue weighted by molar-refractivity contribution is 0.487. The summed E-state index contributed by atoms with van der Waals surface area (Å²) in [6, 6.07) is 1.56. The summed E-state index contributed by atoms with van der Waals surface area (Å²) >= 11 is 3.20. The highest BCUT2D eigenvalue weighted by molar-refractivity contribution is 9.10. The van der Waals surface area contributed by atoms with Gasteiger partial charge in [0.05, 0.1) is 0 Å². The molecule has 0 saturated heterocycles. The minimum absolute atomic E-state index is 0.223. The minimum atomic E-state index is -3.38. The van der Waals surface area contributed by atoms with Crippen molar-refractivity contribution < 1.29 is 8.42 Å². The second kappa shape index (κ2) is 4.03. The van der Waals surface area contributed by atoms with E-state index in [0.29, 0.717) is 17.6 Å². The van der Waals surface area contributed by atoms with Gasteiger partial charge in [0.1, 0.15) is 4.90 Å². The van der Waals surface area contributed by atoms with Crippen LogP contribution in [0.3, 0.4) is 0 Å². The third-order valence-corrected chi connectivity index (χ3v) is 4.33. The first kappa shape index (κ1) is 10.8. The van der Waals surface area contributed by atoms with Gasteiger partial charge in [-0.3, -0.25) is 4.98 Å². The van der Waals surface area contributed by atoms with E-state index in [0.717, 1.165) is 0 Å². The number of hydrogen-bond acceptors (Lipinski definition) is 3. The Balaban J connectivity index is 2.37. The first-order valence-electron chi connectivity index (χ1n) is 4.36. The van der Waals surface area contributed by atoms with Gasteiger partial charge in [0, 0.05) is 30.0 Å². The Morgan fingerprint density at radius 2 is 1.93 bits per heavy atom. The third-order valence-electron chi connectivity index (χ3n) is 2.10. The fourth-order valence-electron chi connectivity index (χ4n) is 1.34. The molecule has 1 aromatic rings. The molecule has 80 valence electrons. The lowest BCUT2D eigenvalue weighted by Crippen LogP contribution is -2.28. The summed E-state index contributed by atoms with van der Waals surface area (Å²) in [4.78, 5) is 4.07. The monoisotopic (exact) mass is 288 g/mol. The van der Waals surface area contributed by atoms with Crippen LogP contribution in [0, 0.1) is 0 Å². The van der Waals surface area contributed by atoms with Gasteiger partial charge in [-0.05, 0) is 22.0 Å². The summed E-state index contributed by atoms with van der Waals surface area (Å²) in [6.07, 6.45) is 6.59. The molecule has 0 fully saturated rings. The van der Waals surface area contributed by atoms with E-state index in [1.807, 2.05) is 12.2 Å². The highest BCUT2D eigenvalue weighted by Crippen LogP contribution is 2.19. The van der Waals surface area contributed by atoms with Gasteiger partial charge >= 0.3 is 0 Å². The summed E-state index contributed by atoms with van der Waals surface area (Å²) in [6.45, 7) is 0.879. The zero-order chi connectivity index (χ0) is 10.9. The van der Waals surface area contributed by atoms with E-state index in [4.69, 9.17) is 0 Å². The molecule has 1 aliphatic rings. The van der Waals surface area contributed by atoms with Crippen LogP contribution in [-0.4, -0.2) is 30.8 Å². The van der Waals surface area contributed by atoms with Crippen LogP contribution in [0.5, 0.6) is 0 Å². The molecule has 6 heteroatoms. The van der Waals surface area contributed by atoms with Gasteiger partial charge in [-0.1, -0.05) is 12.2 Å². The number of nitrogens with zero attached hydrogens (tertiary/aromatic N) is 2. The maximum atomic E-state index is 12.0. The van der Waals surface area contributed by atoms with Crippen LogP contribution in [0.1, 0.15) is 0 Å². The smallest absolute Gasteiger partial charge is 0.245 e. The Morgan fingerprint density at radius 1 is 1.27 bits per heavy atom. The number of sulfonamides is 1. The van der Waals surface area contributed by atoms with Gasteiger partial charge in [0.15, 0.2) is 0 Å². The molecule has 0 N–H and O–H groups in total. The second-order valence-corrected chi connectivity index (χ2v) is 5.99. The van der Waals surface area contributed by atoms with Crippen molar-refractivity contribution in [2.24, 2.45) is 0 Å². The van der Waals surface area contributed by atoms with Crippen molar-refractivity contribution in [1.82, 2.24) is 9.29 Å². The molecule has 0 amide bonds. The molecule has 1 aliphatic heterocycles. The van der Waals surface area contributed by atoms with Crippen molar-refractivity contribution in [2.45, 2.75) is 4.90 Å². The van der Waals surface area contributed by atoms with Crippen LogP contribution >= 0.6 is 15.9 Å². The average molecular weight is 289 g/mol. The average Bonchev–Trinajstić information content (AvgIpc) is 2.71. The summed E-state index contributed by atoms with van der Waals surface area (Å²) in [5.41, 5.74) is 0. The topological polar surface area (TPSA) is 50.3 Å². The predicted molar refractivity (Wildman–Crippen MR) is 59.8 cm³/mol. The molecule has 0 atom stereocenters. The molecule has 0 bridgehead atoms. The Morgan fingerprint density at radius 3 is 2.53 bits per heavy atom. The predicted octanol–water partition coefficient (Wildman–Crippen LogP) is 1.40. The van der Waals surface area contributed by atoms with Gasteiger partial charge in [-0.2, -0.15) is 4.31 Å². The summed E-state index contributed by atoms with van der Waals surface area (Å²) < 4.78 is 26.1. The second-order valence-electron chi connectivity index (χ2n) is 3.13. The van der Waals surface area contributed by atoms with Crippen molar-refractivity contribution in [3.63, 3.8) is 0 Å². The van der Waals surface area contributed by atoms with E-state index in [1.165, 1.54) is 10.5 Å². The quantitative estimate of drug-likeness (QED) is 0.773. The zero-order valence-corrected chi connectivity index (χ0v) is 10.2. The van der Waals surface area contributed by atoms with Crippen molar-refractivity contribution >= 4 is 26.0 Å². The van der Waals surface area contributed by atoms with E-state index in [2.05, 4.69) is 20.9 Å². The maximum Gasteiger partial charge on any atom is 0.245 e. The van der Waals surface area contributed by atoms with Crippen LogP contribution in [0.25, 0.3) is 0 Å². The van der Waals surface area contributed by atoms with E-state index >= 15 is 0 Å². The molecule has 0 saturated carbocycles. The number of hydrogen-bond donors (Lipinski definition) is 0. The minimum Gasteiger partial charge on any atom is -0.262 e. The summed E-state index contributed by atoms with van der Waals surface area (Å²) in [7, 11) is -3.38. The van der Waals surface area contributed by atoms with Gasteiger partial charge < -0.3 is 0 Å². The molecule has 2 heterocycles. The summed E-state index contributed by atoms with van der Waals surface area (Å²) in [5.74, 6) is 0. The SMILES string of the molecule is O=S(=O)(c1cncc(Br)c1)N1CC=CC1. The number of aromatic nitrogens is 1. The lowest BCUT2D eigenvalue weighted by Gasteiger charge is -2.15. The number of halogens is 1. The Kier molecular flexibility index (Phi) is 2.90. The van der Waals surface area contributed by atoms with Crippen molar-refractivity contribution in [2.75, 3.05) is 13.1 Å². The zero-order valence-electron chi connectivity index (χ0n) is 7.80. The molecule has 2 rings (SSSR count). The first-order valence-corrected chi connectivity index (χ1v) is 6.60. The van der Waals surface area contributed by atoms with Crippen LogP contribution in [-0.2, 0) is 10.0 Å². The lowest BCUT2D eigenvalue weighted by atomic mass is 10.5. The molecule has 0 aliphatic carbocycles. The Hall–Kier alpha value is -0.720. The molecule has 15 heavy (non-hydrogen) atoms. The largest absolute Gasteiger partial charge is 0.262 e.